The van der Waals surface area contributed by atoms with Crippen molar-refractivity contribution < 1.29 is 4.74 Å². The smallest absolute Gasteiger partial charge is 0.127 e. The minimum absolute atomic E-state index is 0.194. The van der Waals surface area contributed by atoms with Crippen molar-refractivity contribution in [2.45, 2.75) is 12.8 Å². The number of hydrogen-bond donors (Lipinski definition) is 2. The summed E-state index contributed by atoms with van der Waals surface area (Å²) < 4.78 is 5.71. The molecule has 0 atom stereocenters. The Labute approximate surface area is 111 Å². The Morgan fingerprint density at radius 2 is 1.89 bits per heavy atom. The monoisotopic (exact) mass is 262 g/mol. The second-order valence-electron chi connectivity index (χ2n) is 4.07. The van der Waals surface area contributed by atoms with Gasteiger partial charge >= 0.3 is 0 Å². The number of hydrogen-bond acceptors (Lipinski definition) is 2. The molecule has 0 saturated carbocycles. The van der Waals surface area contributed by atoms with Gasteiger partial charge < -0.3 is 10.5 Å². The van der Waals surface area contributed by atoms with Gasteiger partial charge in [0.1, 0.15) is 5.75 Å². The molecule has 0 aliphatic rings. The highest BCUT2D eigenvalue weighted by atomic mass is 35.5. The second-order valence-corrected chi connectivity index (χ2v) is 4.48. The maximum Gasteiger partial charge on any atom is 0.127 e. The van der Waals surface area contributed by atoms with Crippen LogP contribution in [0.5, 0.6) is 5.75 Å². The number of benzene rings is 2. The van der Waals surface area contributed by atoms with E-state index in [1.165, 1.54) is 0 Å². The maximum absolute atomic E-state index is 7.14. The first-order valence-electron chi connectivity index (χ1n) is 5.81. The van der Waals surface area contributed by atoms with Crippen LogP contribution in [0.3, 0.4) is 0 Å². The summed E-state index contributed by atoms with van der Waals surface area (Å²) in [6.45, 7) is 0.547. The van der Waals surface area contributed by atoms with Crippen molar-refractivity contribution in [1.82, 2.24) is 0 Å². The minimum Gasteiger partial charge on any atom is -0.493 e. The zero-order valence-corrected chi connectivity index (χ0v) is 10.7. The zero-order chi connectivity index (χ0) is 13.0. The van der Waals surface area contributed by atoms with Crippen LogP contribution in [0.25, 0.3) is 10.8 Å². The molecule has 3 nitrogen and oxygen atoms in total. The molecule has 0 heterocycles. The highest BCUT2D eigenvalue weighted by Crippen LogP contribution is 2.31. The molecule has 2 rings (SSSR count). The first-order valence-corrected chi connectivity index (χ1v) is 6.19. The van der Waals surface area contributed by atoms with Crippen LogP contribution in [0.2, 0.25) is 5.02 Å². The highest BCUT2D eigenvalue weighted by molar-refractivity contribution is 6.35. The van der Waals surface area contributed by atoms with Crippen molar-refractivity contribution >= 4 is 28.2 Å². The molecular weight excluding hydrogens is 248 g/mol. The van der Waals surface area contributed by atoms with Crippen molar-refractivity contribution in [3.8, 4) is 5.75 Å². The third-order valence-electron chi connectivity index (χ3n) is 2.68. The Balaban J connectivity index is 2.14. The van der Waals surface area contributed by atoms with Crippen LogP contribution in [-0.4, -0.2) is 12.4 Å². The molecule has 0 amide bonds. The maximum atomic E-state index is 7.14. The predicted molar refractivity (Wildman–Crippen MR) is 75.6 cm³/mol. The SMILES string of the molecule is N=C(N)CCCOc1ccc(Cl)c2ccccc12. The number of rotatable bonds is 5. The van der Waals surface area contributed by atoms with Gasteiger partial charge in [0.2, 0.25) is 0 Å². The predicted octanol–water partition coefficient (Wildman–Crippen LogP) is 3.59. The zero-order valence-electron chi connectivity index (χ0n) is 9.95. The molecule has 2 aromatic rings. The number of ether oxygens (including phenoxy) is 1. The lowest BCUT2D eigenvalue weighted by molar-refractivity contribution is 0.317. The van der Waals surface area contributed by atoms with Crippen molar-refractivity contribution in [1.29, 1.82) is 5.41 Å². The van der Waals surface area contributed by atoms with Crippen LogP contribution >= 0.6 is 11.6 Å². The van der Waals surface area contributed by atoms with E-state index in [-0.39, 0.29) is 5.84 Å². The molecular formula is C14H15ClN2O. The lowest BCUT2D eigenvalue weighted by Crippen LogP contribution is -2.11. The molecule has 2 aromatic carbocycles. The van der Waals surface area contributed by atoms with Crippen LogP contribution < -0.4 is 10.5 Å². The molecule has 3 N–H and O–H groups in total. The summed E-state index contributed by atoms with van der Waals surface area (Å²) in [7, 11) is 0. The van der Waals surface area contributed by atoms with Gasteiger partial charge in [0.25, 0.3) is 0 Å². The Hall–Kier alpha value is -1.74. The van der Waals surface area contributed by atoms with Crippen molar-refractivity contribution in [2.24, 2.45) is 5.73 Å². The van der Waals surface area contributed by atoms with Crippen LogP contribution in [0.4, 0.5) is 0 Å². The van der Waals surface area contributed by atoms with Gasteiger partial charge in [0, 0.05) is 22.2 Å². The number of nitrogens with one attached hydrogen (secondary N) is 1. The third kappa shape index (κ3) is 2.93. The van der Waals surface area contributed by atoms with Gasteiger partial charge in [-0.2, -0.15) is 0 Å². The average molecular weight is 263 g/mol. The fourth-order valence-corrected chi connectivity index (χ4v) is 2.03. The topological polar surface area (TPSA) is 59.1 Å². The Kier molecular flexibility index (Phi) is 4.05. The Morgan fingerprint density at radius 1 is 1.17 bits per heavy atom. The van der Waals surface area contributed by atoms with Gasteiger partial charge in [-0.3, -0.25) is 5.41 Å². The number of halogens is 1. The van der Waals surface area contributed by atoms with E-state index in [9.17, 15) is 0 Å². The van der Waals surface area contributed by atoms with Crippen molar-refractivity contribution in [3.05, 3.63) is 41.4 Å². The van der Waals surface area contributed by atoms with E-state index in [0.717, 1.165) is 28.0 Å². The van der Waals surface area contributed by atoms with Crippen LogP contribution in [0.1, 0.15) is 12.8 Å². The highest BCUT2D eigenvalue weighted by Gasteiger charge is 2.04. The van der Waals surface area contributed by atoms with Gasteiger partial charge in [-0.05, 0) is 18.6 Å². The van der Waals surface area contributed by atoms with Gasteiger partial charge in [-0.25, -0.2) is 0 Å². The van der Waals surface area contributed by atoms with Crippen molar-refractivity contribution in [2.75, 3.05) is 6.61 Å². The van der Waals surface area contributed by atoms with Gasteiger partial charge in [-0.1, -0.05) is 35.9 Å². The quantitative estimate of drug-likeness (QED) is 0.491. The van der Waals surface area contributed by atoms with E-state index in [2.05, 4.69) is 0 Å². The van der Waals surface area contributed by atoms with Crippen LogP contribution in [0, 0.1) is 5.41 Å². The Bertz CT molecular complexity index is 569. The Morgan fingerprint density at radius 3 is 2.61 bits per heavy atom. The molecule has 0 bridgehead atoms. The summed E-state index contributed by atoms with van der Waals surface area (Å²) in [6.07, 6.45) is 1.30. The molecule has 18 heavy (non-hydrogen) atoms. The second kappa shape index (κ2) is 5.74. The van der Waals surface area contributed by atoms with E-state index < -0.39 is 0 Å². The molecule has 0 aliphatic heterocycles. The summed E-state index contributed by atoms with van der Waals surface area (Å²) in [5, 5.41) is 9.86. The normalized spacial score (nSPS) is 10.5. The van der Waals surface area contributed by atoms with Gasteiger partial charge in [0.05, 0.1) is 12.4 Å². The van der Waals surface area contributed by atoms with E-state index >= 15 is 0 Å². The number of nitrogens with two attached hydrogens (primary N) is 1. The summed E-state index contributed by atoms with van der Waals surface area (Å²) in [5.41, 5.74) is 5.29. The van der Waals surface area contributed by atoms with Crippen LogP contribution in [-0.2, 0) is 0 Å². The van der Waals surface area contributed by atoms with E-state index in [0.29, 0.717) is 13.0 Å². The summed E-state index contributed by atoms with van der Waals surface area (Å²) >= 11 is 6.13. The van der Waals surface area contributed by atoms with E-state index in [1.54, 1.807) is 0 Å². The molecule has 0 unspecified atom stereocenters. The lowest BCUT2D eigenvalue weighted by Gasteiger charge is -2.10. The molecule has 0 saturated heterocycles. The standard InChI is InChI=1S/C14H15ClN2O/c15-12-7-8-13(18-9-3-6-14(16)17)11-5-2-1-4-10(11)12/h1-2,4-5,7-8H,3,6,9H2,(H3,16,17). The molecule has 0 aromatic heterocycles. The summed E-state index contributed by atoms with van der Waals surface area (Å²) in [6, 6.07) is 11.6. The fourth-order valence-electron chi connectivity index (χ4n) is 1.81. The summed E-state index contributed by atoms with van der Waals surface area (Å²) in [5.74, 6) is 1.01. The van der Waals surface area contributed by atoms with Gasteiger partial charge in [-0.15, -0.1) is 0 Å². The fraction of sp³-hybridized carbons (Fsp3) is 0.214. The lowest BCUT2D eigenvalue weighted by atomic mass is 10.1. The van der Waals surface area contributed by atoms with Crippen molar-refractivity contribution in [3.63, 3.8) is 0 Å². The average Bonchev–Trinajstić information content (AvgIpc) is 2.37. The van der Waals surface area contributed by atoms with E-state index in [4.69, 9.17) is 27.5 Å². The molecule has 0 aliphatic carbocycles. The minimum atomic E-state index is 0.194. The molecule has 0 spiro atoms. The number of amidine groups is 1. The first kappa shape index (κ1) is 12.7. The molecule has 4 heteroatoms. The summed E-state index contributed by atoms with van der Waals surface area (Å²) in [4.78, 5) is 0. The van der Waals surface area contributed by atoms with E-state index in [1.807, 2.05) is 36.4 Å². The third-order valence-corrected chi connectivity index (χ3v) is 3.01. The molecule has 0 fully saturated rings. The number of fused-ring (bicyclic) bond motifs is 1. The van der Waals surface area contributed by atoms with Gasteiger partial charge in [0.15, 0.2) is 0 Å². The molecule has 0 radical (unpaired) electrons. The van der Waals surface area contributed by atoms with Crippen LogP contribution in [0.15, 0.2) is 36.4 Å². The molecule has 94 valence electrons. The largest absolute Gasteiger partial charge is 0.493 e. The first-order chi connectivity index (χ1) is 8.68.